The number of hydrogen-bond donors (Lipinski definition) is 1. The van der Waals surface area contributed by atoms with E-state index < -0.39 is 16.6 Å². The molecule has 0 spiro atoms. The van der Waals surface area contributed by atoms with Gasteiger partial charge in [-0.15, -0.1) is 4.36 Å². The fourth-order valence-corrected chi connectivity index (χ4v) is 2.65. The highest BCUT2D eigenvalue weighted by Gasteiger charge is 2.11. The predicted octanol–water partition coefficient (Wildman–Crippen LogP) is 3.43. The number of nitrogens with zero attached hydrogens (tertiary/aromatic N) is 1. The molecule has 0 aromatic heterocycles. The number of ether oxygens (including phenoxy) is 1. The van der Waals surface area contributed by atoms with Crippen LogP contribution in [0.5, 0.6) is 5.75 Å². The summed E-state index contributed by atoms with van der Waals surface area (Å²) in [5, 5.41) is 9.84. The van der Waals surface area contributed by atoms with Gasteiger partial charge in [0.15, 0.2) is 0 Å². The van der Waals surface area contributed by atoms with E-state index in [0.29, 0.717) is 22.3 Å². The highest BCUT2D eigenvalue weighted by atomic mass is 127. The minimum Gasteiger partial charge on any atom is -0.487 e. The third-order valence-corrected chi connectivity index (χ3v) is 4.10. The van der Waals surface area contributed by atoms with Gasteiger partial charge >= 0.3 is 10.5 Å². The first-order chi connectivity index (χ1) is 10.6. The van der Waals surface area contributed by atoms with Crippen molar-refractivity contribution in [2.24, 2.45) is 4.36 Å². The van der Waals surface area contributed by atoms with Gasteiger partial charge in [-0.2, -0.15) is 8.42 Å². The summed E-state index contributed by atoms with van der Waals surface area (Å²) in [5.74, 6) is 0.359. The van der Waals surface area contributed by atoms with E-state index in [1.165, 1.54) is 6.07 Å². The number of aliphatic hydroxyl groups is 1. The lowest BCUT2D eigenvalue weighted by Crippen LogP contribution is -1.99. The summed E-state index contributed by atoms with van der Waals surface area (Å²) in [5.41, 5.74) is 1.75. The summed E-state index contributed by atoms with van der Waals surface area (Å²) in [6.45, 7) is 0.309. The van der Waals surface area contributed by atoms with Crippen LogP contribution in [0.4, 0.5) is 5.69 Å². The summed E-state index contributed by atoms with van der Waals surface area (Å²) in [4.78, 5) is 0. The second-order valence-electron chi connectivity index (χ2n) is 4.48. The Morgan fingerprint density at radius 2 is 1.91 bits per heavy atom. The minimum atomic E-state index is -2.59. The molecule has 116 valence electrons. The van der Waals surface area contributed by atoms with E-state index in [1.807, 2.05) is 30.3 Å². The molecule has 1 N–H and O–H groups in total. The molecule has 0 radical (unpaired) electrons. The van der Waals surface area contributed by atoms with Crippen LogP contribution >= 0.6 is 22.6 Å². The van der Waals surface area contributed by atoms with Crippen molar-refractivity contribution in [3.8, 4) is 5.75 Å². The molecule has 22 heavy (non-hydrogen) atoms. The maximum atomic E-state index is 10.9. The Hall–Kier alpha value is -1.45. The van der Waals surface area contributed by atoms with Gasteiger partial charge < -0.3 is 9.84 Å². The molecule has 0 amide bonds. The third kappa shape index (κ3) is 4.79. The molecule has 2 aromatic carbocycles. The van der Waals surface area contributed by atoms with Gasteiger partial charge in [-0.1, -0.05) is 59.0 Å². The van der Waals surface area contributed by atoms with Crippen molar-refractivity contribution in [3.63, 3.8) is 0 Å². The van der Waals surface area contributed by atoms with Gasteiger partial charge in [-0.3, -0.25) is 0 Å². The van der Waals surface area contributed by atoms with Crippen molar-refractivity contribution in [3.05, 3.63) is 59.7 Å². The molecular weight excluding hydrogens is 417 g/mol. The van der Waals surface area contributed by atoms with Crippen molar-refractivity contribution >= 4 is 38.8 Å². The highest BCUT2D eigenvalue weighted by molar-refractivity contribution is 14.1. The second-order valence-corrected chi connectivity index (χ2v) is 5.98. The molecular formula is C15H14INO4S. The number of halogens is 1. The molecule has 0 heterocycles. The Morgan fingerprint density at radius 3 is 2.55 bits per heavy atom. The Balaban J connectivity index is 2.28. The lowest BCUT2D eigenvalue weighted by Gasteiger charge is -2.12. The zero-order valence-corrected chi connectivity index (χ0v) is 14.5. The lowest BCUT2D eigenvalue weighted by atomic mass is 10.1. The Labute approximate surface area is 143 Å². The van der Waals surface area contributed by atoms with Gasteiger partial charge in [0.05, 0.1) is 6.10 Å². The van der Waals surface area contributed by atoms with Gasteiger partial charge in [0.25, 0.3) is 0 Å². The van der Waals surface area contributed by atoms with Crippen LogP contribution in [0.3, 0.4) is 0 Å². The van der Waals surface area contributed by atoms with Gasteiger partial charge in [0.1, 0.15) is 18.0 Å². The molecule has 0 fully saturated rings. The lowest BCUT2D eigenvalue weighted by molar-refractivity contribution is 0.207. The quantitative estimate of drug-likeness (QED) is 0.562. The molecule has 0 aliphatic rings. The Morgan fingerprint density at radius 1 is 1.18 bits per heavy atom. The second kappa shape index (κ2) is 8.25. The van der Waals surface area contributed by atoms with E-state index >= 15 is 0 Å². The predicted molar refractivity (Wildman–Crippen MR) is 92.1 cm³/mol. The molecule has 0 saturated heterocycles. The van der Waals surface area contributed by atoms with Gasteiger partial charge in [-0.25, -0.2) is 0 Å². The molecule has 1 atom stereocenters. The third-order valence-electron chi connectivity index (χ3n) is 2.92. The first kappa shape index (κ1) is 16.9. The number of benzene rings is 2. The molecule has 0 aliphatic carbocycles. The number of aliphatic hydroxyl groups excluding tert-OH is 1. The van der Waals surface area contributed by atoms with Crippen LogP contribution in [-0.2, 0) is 17.1 Å². The standard InChI is InChI=1S/C15H14INO4S/c16-9-14(18)12-6-7-15(13(8-12)17-22(19)20)21-10-11-4-2-1-3-5-11/h1-8,14,18H,9-10H2/t14-/m0/s1. The van der Waals surface area contributed by atoms with Crippen LogP contribution in [0.2, 0.25) is 0 Å². The van der Waals surface area contributed by atoms with Gasteiger partial charge in [-0.05, 0) is 23.3 Å². The van der Waals surface area contributed by atoms with Gasteiger partial charge in [0, 0.05) is 4.43 Å². The molecule has 0 bridgehead atoms. The zero-order valence-electron chi connectivity index (χ0n) is 11.5. The summed E-state index contributed by atoms with van der Waals surface area (Å²) < 4.78 is 31.4. The average Bonchev–Trinajstić information content (AvgIpc) is 2.53. The molecule has 2 rings (SSSR count). The molecule has 0 unspecified atom stereocenters. The van der Waals surface area contributed by atoms with Gasteiger partial charge in [0.2, 0.25) is 0 Å². The minimum absolute atomic E-state index is 0.186. The Bertz CT molecular complexity index is 754. The molecule has 0 saturated carbocycles. The smallest absolute Gasteiger partial charge is 0.316 e. The summed E-state index contributed by atoms with van der Waals surface area (Å²) in [6, 6.07) is 14.4. The summed E-state index contributed by atoms with van der Waals surface area (Å²) in [6.07, 6.45) is -0.669. The first-order valence-electron chi connectivity index (χ1n) is 6.46. The van der Waals surface area contributed by atoms with E-state index in [1.54, 1.807) is 12.1 Å². The molecule has 0 aliphatic heterocycles. The zero-order chi connectivity index (χ0) is 15.9. The number of rotatable bonds is 6. The molecule has 2 aromatic rings. The SMILES string of the molecule is O=S(=O)=Nc1cc([C@@H](O)CI)ccc1OCc1ccccc1. The molecule has 7 heteroatoms. The van der Waals surface area contributed by atoms with Crippen molar-refractivity contribution in [2.75, 3.05) is 4.43 Å². The van der Waals surface area contributed by atoms with E-state index in [0.717, 1.165) is 5.56 Å². The number of alkyl halides is 1. The fraction of sp³-hybridized carbons (Fsp3) is 0.200. The van der Waals surface area contributed by atoms with Crippen molar-refractivity contribution in [2.45, 2.75) is 12.7 Å². The topological polar surface area (TPSA) is 76.0 Å². The summed E-state index contributed by atoms with van der Waals surface area (Å²) in [7, 11) is -2.59. The average molecular weight is 431 g/mol. The first-order valence-corrected chi connectivity index (χ1v) is 9.01. The summed E-state index contributed by atoms with van der Waals surface area (Å²) >= 11 is 2.05. The van der Waals surface area contributed by atoms with Crippen LogP contribution in [-0.4, -0.2) is 18.0 Å². The normalized spacial score (nSPS) is 11.7. The van der Waals surface area contributed by atoms with E-state index in [-0.39, 0.29) is 5.69 Å². The maximum Gasteiger partial charge on any atom is 0.316 e. The van der Waals surface area contributed by atoms with Crippen LogP contribution in [0.25, 0.3) is 0 Å². The van der Waals surface area contributed by atoms with Crippen LogP contribution in [0.1, 0.15) is 17.2 Å². The molecule has 5 nitrogen and oxygen atoms in total. The fourth-order valence-electron chi connectivity index (χ4n) is 1.84. The van der Waals surface area contributed by atoms with Crippen molar-refractivity contribution in [1.29, 1.82) is 0 Å². The highest BCUT2D eigenvalue weighted by Crippen LogP contribution is 2.32. The maximum absolute atomic E-state index is 10.9. The Kier molecular flexibility index (Phi) is 6.34. The van der Waals surface area contributed by atoms with Crippen LogP contribution < -0.4 is 4.74 Å². The van der Waals surface area contributed by atoms with Crippen molar-refractivity contribution < 1.29 is 18.3 Å². The van der Waals surface area contributed by atoms with E-state index in [2.05, 4.69) is 27.0 Å². The van der Waals surface area contributed by atoms with Crippen LogP contribution in [0, 0.1) is 0 Å². The van der Waals surface area contributed by atoms with Crippen LogP contribution in [0.15, 0.2) is 52.9 Å². The largest absolute Gasteiger partial charge is 0.487 e. The van der Waals surface area contributed by atoms with Crippen molar-refractivity contribution in [1.82, 2.24) is 0 Å². The monoisotopic (exact) mass is 431 g/mol. The van der Waals surface area contributed by atoms with E-state index in [4.69, 9.17) is 4.74 Å². The number of hydrogen-bond acceptors (Lipinski definition) is 5. The van der Waals surface area contributed by atoms with E-state index in [9.17, 15) is 13.5 Å².